The number of thioether (sulfide) groups is 1. The van der Waals surface area contributed by atoms with Crippen LogP contribution in [0.4, 0.5) is 0 Å². The van der Waals surface area contributed by atoms with Crippen molar-refractivity contribution in [1.29, 1.82) is 0 Å². The zero-order valence-corrected chi connectivity index (χ0v) is 23.6. The molecular weight excluding hydrogens is 534 g/mol. The molecule has 2 heterocycles. The maximum atomic E-state index is 13.5. The number of aromatic nitrogens is 3. The first-order chi connectivity index (χ1) is 19.1. The van der Waals surface area contributed by atoms with Gasteiger partial charge in [-0.1, -0.05) is 32.0 Å². The molecule has 8 N–H and O–H groups in total. The van der Waals surface area contributed by atoms with E-state index in [9.17, 15) is 24.3 Å². The third-order valence-electron chi connectivity index (χ3n) is 6.54. The first-order valence-corrected chi connectivity index (χ1v) is 14.4. The van der Waals surface area contributed by atoms with Gasteiger partial charge in [0.15, 0.2) is 0 Å². The number of imidazole rings is 1. The van der Waals surface area contributed by atoms with Crippen LogP contribution < -0.4 is 21.7 Å². The molecule has 13 heteroatoms. The molecule has 40 heavy (non-hydrogen) atoms. The average Bonchev–Trinajstić information content (AvgIpc) is 3.59. The number of benzene rings is 1. The summed E-state index contributed by atoms with van der Waals surface area (Å²) in [6, 6.07) is 3.41. The quantitative estimate of drug-likeness (QED) is 0.140. The highest BCUT2D eigenvalue weighted by molar-refractivity contribution is 7.98. The smallest absolute Gasteiger partial charge is 0.326 e. The molecule has 0 aliphatic heterocycles. The van der Waals surface area contributed by atoms with Gasteiger partial charge in [0, 0.05) is 41.8 Å². The number of hydrogen-bond donors (Lipinski definition) is 7. The predicted octanol–water partition coefficient (Wildman–Crippen LogP) is 0.952. The molecule has 216 valence electrons. The van der Waals surface area contributed by atoms with Crippen molar-refractivity contribution in [2.45, 2.75) is 57.3 Å². The molecule has 2 aromatic heterocycles. The SMILES string of the molecule is CSCCC(N)C(=O)NC(C(=O)NC(Cc1c[nH]c2ccccc12)C(=O)NC(Cc1cnc[nH]1)C(=O)O)C(C)C. The molecule has 0 saturated heterocycles. The van der Waals surface area contributed by atoms with Crippen LogP contribution in [-0.2, 0) is 32.0 Å². The third-order valence-corrected chi connectivity index (χ3v) is 7.19. The summed E-state index contributed by atoms with van der Waals surface area (Å²) in [4.78, 5) is 61.4. The molecular formula is C27H37N7O5S. The van der Waals surface area contributed by atoms with E-state index in [1.807, 2.05) is 30.5 Å². The van der Waals surface area contributed by atoms with Crippen molar-refractivity contribution < 1.29 is 24.3 Å². The lowest BCUT2D eigenvalue weighted by atomic mass is 10.00. The fourth-order valence-electron chi connectivity index (χ4n) is 4.25. The minimum atomic E-state index is -1.26. The molecule has 0 bridgehead atoms. The Morgan fingerprint density at radius 3 is 2.38 bits per heavy atom. The molecule has 4 unspecified atom stereocenters. The number of carboxylic acid groups (broad SMARTS) is 1. The van der Waals surface area contributed by atoms with Gasteiger partial charge in [0.2, 0.25) is 17.7 Å². The largest absolute Gasteiger partial charge is 0.480 e. The molecule has 12 nitrogen and oxygen atoms in total. The van der Waals surface area contributed by atoms with Crippen LogP contribution in [0.25, 0.3) is 10.9 Å². The number of para-hydroxylation sites is 1. The zero-order chi connectivity index (χ0) is 29.2. The van der Waals surface area contributed by atoms with E-state index >= 15 is 0 Å². The fourth-order valence-corrected chi connectivity index (χ4v) is 4.74. The molecule has 0 aliphatic rings. The lowest BCUT2D eigenvalue weighted by Gasteiger charge is -2.27. The van der Waals surface area contributed by atoms with Gasteiger partial charge >= 0.3 is 5.97 Å². The second-order valence-corrected chi connectivity index (χ2v) is 10.9. The van der Waals surface area contributed by atoms with Crippen LogP contribution in [0.15, 0.2) is 43.0 Å². The molecule has 0 spiro atoms. The van der Waals surface area contributed by atoms with Gasteiger partial charge < -0.3 is 36.8 Å². The minimum absolute atomic E-state index is 0.0204. The Labute approximate surface area is 236 Å². The van der Waals surface area contributed by atoms with Crippen molar-refractivity contribution in [3.05, 3.63) is 54.2 Å². The van der Waals surface area contributed by atoms with Crippen LogP contribution in [0.5, 0.6) is 0 Å². The third kappa shape index (κ3) is 8.33. The van der Waals surface area contributed by atoms with Crippen LogP contribution in [0, 0.1) is 5.92 Å². The molecule has 3 aromatic rings. The average molecular weight is 572 g/mol. The van der Waals surface area contributed by atoms with Crippen LogP contribution in [0.2, 0.25) is 0 Å². The lowest BCUT2D eigenvalue weighted by molar-refractivity contribution is -0.142. The van der Waals surface area contributed by atoms with E-state index in [1.54, 1.807) is 31.8 Å². The summed E-state index contributed by atoms with van der Waals surface area (Å²) < 4.78 is 0. The summed E-state index contributed by atoms with van der Waals surface area (Å²) in [6.45, 7) is 3.55. The second-order valence-electron chi connectivity index (χ2n) is 9.92. The number of amides is 3. The van der Waals surface area contributed by atoms with Gasteiger partial charge in [0.25, 0.3) is 0 Å². The first kappa shape index (κ1) is 30.7. The lowest BCUT2D eigenvalue weighted by Crippen LogP contribution is -2.59. The van der Waals surface area contributed by atoms with E-state index < -0.39 is 47.9 Å². The van der Waals surface area contributed by atoms with Gasteiger partial charge in [-0.25, -0.2) is 9.78 Å². The van der Waals surface area contributed by atoms with E-state index in [4.69, 9.17) is 5.73 Å². The summed E-state index contributed by atoms with van der Waals surface area (Å²) in [6.07, 6.45) is 7.09. The van der Waals surface area contributed by atoms with Crippen LogP contribution in [-0.4, -0.2) is 79.9 Å². The van der Waals surface area contributed by atoms with Gasteiger partial charge in [-0.15, -0.1) is 0 Å². The number of carbonyl (C=O) groups is 4. The van der Waals surface area contributed by atoms with Gasteiger partial charge in [0.05, 0.1) is 12.4 Å². The molecule has 0 radical (unpaired) electrons. The molecule has 0 saturated carbocycles. The number of carbonyl (C=O) groups excluding carboxylic acids is 3. The second kappa shape index (κ2) is 14.5. The summed E-state index contributed by atoms with van der Waals surface area (Å²) >= 11 is 1.57. The van der Waals surface area contributed by atoms with Crippen molar-refractivity contribution in [3.8, 4) is 0 Å². The molecule has 3 amide bonds. The van der Waals surface area contributed by atoms with Crippen LogP contribution in [0.3, 0.4) is 0 Å². The Bertz CT molecular complexity index is 1290. The first-order valence-electron chi connectivity index (χ1n) is 13.0. The number of carboxylic acids is 1. The highest BCUT2D eigenvalue weighted by atomic mass is 32.2. The Morgan fingerprint density at radius 1 is 1.00 bits per heavy atom. The standard InChI is InChI=1S/C27H37N7O5S/c1-15(2)23(34-24(35)19(28)8-9-40-3)26(37)32-21(10-16-12-30-20-7-5-4-6-18(16)20)25(36)33-22(27(38)39)11-17-13-29-14-31-17/h4-7,12-15,19,21-23,30H,8-11,28H2,1-3H3,(H,29,31)(H,32,37)(H,33,36)(H,34,35)(H,38,39). The minimum Gasteiger partial charge on any atom is -0.480 e. The van der Waals surface area contributed by atoms with Crippen molar-refractivity contribution >= 4 is 46.4 Å². The monoisotopic (exact) mass is 571 g/mol. The van der Waals surface area contributed by atoms with E-state index in [2.05, 4.69) is 30.9 Å². The molecule has 0 fully saturated rings. The molecule has 0 aliphatic carbocycles. The number of hydrogen-bond acceptors (Lipinski definition) is 7. The van der Waals surface area contributed by atoms with Crippen molar-refractivity contribution in [3.63, 3.8) is 0 Å². The number of nitrogens with two attached hydrogens (primary N) is 1. The Morgan fingerprint density at radius 2 is 1.73 bits per heavy atom. The van der Waals surface area contributed by atoms with E-state index in [0.29, 0.717) is 17.9 Å². The number of aromatic amines is 2. The normalized spacial score (nSPS) is 14.3. The fraction of sp³-hybridized carbons (Fsp3) is 0.444. The maximum Gasteiger partial charge on any atom is 0.326 e. The molecule has 3 rings (SSSR count). The van der Waals surface area contributed by atoms with Gasteiger partial charge in [-0.05, 0) is 36.0 Å². The van der Waals surface area contributed by atoms with E-state index in [0.717, 1.165) is 16.5 Å². The number of nitrogens with one attached hydrogen (secondary N) is 5. The van der Waals surface area contributed by atoms with E-state index in [1.165, 1.54) is 12.5 Å². The van der Waals surface area contributed by atoms with Crippen LogP contribution >= 0.6 is 11.8 Å². The summed E-state index contributed by atoms with van der Waals surface area (Å²) in [5, 5.41) is 18.6. The van der Waals surface area contributed by atoms with Crippen molar-refractivity contribution in [2.75, 3.05) is 12.0 Å². The summed E-state index contributed by atoms with van der Waals surface area (Å²) in [5.74, 6) is -2.53. The summed E-state index contributed by atoms with van der Waals surface area (Å²) in [7, 11) is 0. The summed E-state index contributed by atoms with van der Waals surface area (Å²) in [5.41, 5.74) is 8.15. The highest BCUT2D eigenvalue weighted by Gasteiger charge is 2.32. The van der Waals surface area contributed by atoms with Crippen LogP contribution in [0.1, 0.15) is 31.5 Å². The Balaban J connectivity index is 1.82. The Kier molecular flexibility index (Phi) is 11.1. The van der Waals surface area contributed by atoms with Crippen molar-refractivity contribution in [1.82, 2.24) is 30.9 Å². The van der Waals surface area contributed by atoms with Gasteiger partial charge in [-0.2, -0.15) is 11.8 Å². The predicted molar refractivity (Wildman–Crippen MR) is 154 cm³/mol. The number of fused-ring (bicyclic) bond motifs is 1. The zero-order valence-electron chi connectivity index (χ0n) is 22.8. The Hall–Kier alpha value is -3.84. The molecule has 1 aromatic carbocycles. The van der Waals surface area contributed by atoms with Gasteiger partial charge in [-0.3, -0.25) is 14.4 Å². The van der Waals surface area contributed by atoms with E-state index in [-0.39, 0.29) is 18.8 Å². The number of aliphatic carboxylic acids is 1. The molecule has 4 atom stereocenters. The number of nitrogens with zero attached hydrogens (tertiary/aromatic N) is 1. The van der Waals surface area contributed by atoms with Gasteiger partial charge in [0.1, 0.15) is 18.1 Å². The highest BCUT2D eigenvalue weighted by Crippen LogP contribution is 2.19. The maximum absolute atomic E-state index is 13.5. The van der Waals surface area contributed by atoms with Crippen molar-refractivity contribution in [2.24, 2.45) is 11.7 Å². The number of H-pyrrole nitrogens is 2. The topological polar surface area (TPSA) is 195 Å². The number of rotatable bonds is 15.